The van der Waals surface area contributed by atoms with Gasteiger partial charge < -0.3 is 9.84 Å². The third-order valence-corrected chi connectivity index (χ3v) is 10.9. The summed E-state index contributed by atoms with van der Waals surface area (Å²) in [6.07, 6.45) is 2.88. The van der Waals surface area contributed by atoms with Crippen LogP contribution in [0.5, 0.6) is 0 Å². The molecule has 4 fully saturated rings. The fourth-order valence-corrected chi connectivity index (χ4v) is 8.50. The Hall–Kier alpha value is -0.980. The van der Waals surface area contributed by atoms with Gasteiger partial charge >= 0.3 is 5.97 Å². The van der Waals surface area contributed by atoms with Crippen LogP contribution >= 0.6 is 23.2 Å². The lowest BCUT2D eigenvalue weighted by molar-refractivity contribution is -0.178. The standard InChI is InChI=1S/C23H30Cl2O6/c1-12(26)31-11-17(29)23(30)9-5-14-13-4-8-22(25)19(24)15(27)6-7-20(22,2)18(13)16(28)10-21(14,23)3/h13-14,18-19,30H,4-11H2,1-3H3/t13-,14-,18+,19?,20+,21-,22?,23-/m0/s1. The first-order chi connectivity index (χ1) is 14.3. The minimum Gasteiger partial charge on any atom is -0.458 e. The molecule has 4 aliphatic rings. The Labute approximate surface area is 192 Å². The highest BCUT2D eigenvalue weighted by molar-refractivity contribution is 6.40. The Morgan fingerprint density at radius 3 is 2.42 bits per heavy atom. The van der Waals surface area contributed by atoms with Gasteiger partial charge in [0.2, 0.25) is 5.78 Å². The van der Waals surface area contributed by atoms with Crippen LogP contribution in [-0.4, -0.2) is 50.9 Å². The predicted octanol–water partition coefficient (Wildman–Crippen LogP) is 3.22. The van der Waals surface area contributed by atoms with Crippen molar-refractivity contribution in [2.75, 3.05) is 6.61 Å². The van der Waals surface area contributed by atoms with Gasteiger partial charge in [-0.3, -0.25) is 19.2 Å². The van der Waals surface area contributed by atoms with E-state index >= 15 is 0 Å². The van der Waals surface area contributed by atoms with E-state index in [9.17, 15) is 24.3 Å². The zero-order chi connectivity index (χ0) is 23.0. The molecule has 1 N–H and O–H groups in total. The molecule has 4 saturated carbocycles. The molecule has 0 aliphatic heterocycles. The lowest BCUT2D eigenvalue weighted by atomic mass is 9.43. The van der Waals surface area contributed by atoms with Gasteiger partial charge in [0.05, 0.1) is 4.87 Å². The third-order valence-electron chi connectivity index (χ3n) is 9.33. The number of hydrogen-bond donors (Lipinski definition) is 1. The number of carbonyl (C=O) groups excluding carboxylic acids is 4. The summed E-state index contributed by atoms with van der Waals surface area (Å²) in [5.74, 6) is -1.63. The van der Waals surface area contributed by atoms with Crippen molar-refractivity contribution >= 4 is 46.5 Å². The Balaban J connectivity index is 1.68. The maximum atomic E-state index is 13.6. The fraction of sp³-hybridized carbons (Fsp3) is 0.826. The van der Waals surface area contributed by atoms with Crippen molar-refractivity contribution in [1.82, 2.24) is 0 Å². The van der Waals surface area contributed by atoms with E-state index in [2.05, 4.69) is 0 Å². The summed E-state index contributed by atoms with van der Waals surface area (Å²) in [5.41, 5.74) is -3.24. The molecule has 4 rings (SSSR count). The summed E-state index contributed by atoms with van der Waals surface area (Å²) in [5, 5.41) is 10.7. The summed E-state index contributed by atoms with van der Waals surface area (Å²) >= 11 is 13.6. The van der Waals surface area contributed by atoms with Gasteiger partial charge in [0.1, 0.15) is 16.8 Å². The summed E-state index contributed by atoms with van der Waals surface area (Å²) in [6, 6.07) is 0. The maximum absolute atomic E-state index is 13.6. The highest BCUT2D eigenvalue weighted by atomic mass is 35.5. The number of hydrogen-bond acceptors (Lipinski definition) is 6. The average Bonchev–Trinajstić information content (AvgIpc) is 2.97. The van der Waals surface area contributed by atoms with Crippen molar-refractivity contribution in [2.24, 2.45) is 28.6 Å². The van der Waals surface area contributed by atoms with Crippen LogP contribution in [0.4, 0.5) is 0 Å². The first kappa shape index (κ1) is 23.2. The van der Waals surface area contributed by atoms with E-state index in [1.807, 2.05) is 13.8 Å². The number of alkyl halides is 2. The topological polar surface area (TPSA) is 97.7 Å². The molecule has 6 nitrogen and oxygen atoms in total. The van der Waals surface area contributed by atoms with Crippen molar-refractivity contribution < 1.29 is 29.0 Å². The van der Waals surface area contributed by atoms with Crippen LogP contribution in [-0.2, 0) is 23.9 Å². The van der Waals surface area contributed by atoms with Crippen molar-refractivity contribution in [3.63, 3.8) is 0 Å². The number of ketones is 3. The van der Waals surface area contributed by atoms with Gasteiger partial charge in [0.25, 0.3) is 0 Å². The van der Waals surface area contributed by atoms with E-state index in [1.165, 1.54) is 6.92 Å². The number of aliphatic hydroxyl groups is 1. The predicted molar refractivity (Wildman–Crippen MR) is 114 cm³/mol. The van der Waals surface area contributed by atoms with Crippen LogP contribution in [0.25, 0.3) is 0 Å². The SMILES string of the molecule is CC(=O)OCC(=O)[C@@]1(O)CC[C@H]2[C@@H]3CCC4(Cl)C(Cl)C(=O)CC[C@]4(C)[C@H]3C(=O)C[C@@]21C. The molecule has 0 bridgehead atoms. The van der Waals surface area contributed by atoms with Gasteiger partial charge in [-0.25, -0.2) is 0 Å². The molecule has 0 amide bonds. The summed E-state index contributed by atoms with van der Waals surface area (Å²) in [6.45, 7) is 4.54. The van der Waals surface area contributed by atoms with Gasteiger partial charge in [-0.15, -0.1) is 23.2 Å². The van der Waals surface area contributed by atoms with Crippen LogP contribution in [0.2, 0.25) is 0 Å². The minimum absolute atomic E-state index is 0.0187. The number of ether oxygens (including phenoxy) is 1. The van der Waals surface area contributed by atoms with E-state index in [1.54, 1.807) is 0 Å². The molecular formula is C23H30Cl2O6. The van der Waals surface area contributed by atoms with Gasteiger partial charge in [0.15, 0.2) is 12.4 Å². The third kappa shape index (κ3) is 2.93. The molecule has 8 heteroatoms. The van der Waals surface area contributed by atoms with E-state index in [0.29, 0.717) is 32.1 Å². The van der Waals surface area contributed by atoms with Gasteiger partial charge in [-0.2, -0.15) is 0 Å². The lowest BCUT2D eigenvalue weighted by Crippen LogP contribution is -2.68. The smallest absolute Gasteiger partial charge is 0.303 e. The van der Waals surface area contributed by atoms with Crippen LogP contribution in [0.3, 0.4) is 0 Å². The maximum Gasteiger partial charge on any atom is 0.303 e. The van der Waals surface area contributed by atoms with Crippen molar-refractivity contribution in [1.29, 1.82) is 0 Å². The number of fused-ring (bicyclic) bond motifs is 5. The lowest BCUT2D eigenvalue weighted by Gasteiger charge is -2.63. The number of esters is 1. The molecule has 0 aromatic rings. The van der Waals surface area contributed by atoms with Gasteiger partial charge in [0, 0.05) is 31.1 Å². The molecule has 2 unspecified atom stereocenters. The largest absolute Gasteiger partial charge is 0.458 e. The van der Waals surface area contributed by atoms with Gasteiger partial charge in [-0.05, 0) is 49.4 Å². The Kier molecular flexibility index (Phi) is 5.43. The minimum atomic E-state index is -1.71. The second-order valence-electron chi connectivity index (χ2n) is 10.6. The number of carbonyl (C=O) groups is 4. The highest BCUT2D eigenvalue weighted by Gasteiger charge is 2.72. The highest BCUT2D eigenvalue weighted by Crippen LogP contribution is 2.69. The van der Waals surface area contributed by atoms with Crippen molar-refractivity contribution in [2.45, 2.75) is 81.6 Å². The van der Waals surface area contributed by atoms with E-state index in [0.717, 1.165) is 0 Å². The first-order valence-corrected chi connectivity index (χ1v) is 11.9. The molecule has 0 saturated heterocycles. The number of halogens is 2. The van der Waals surface area contributed by atoms with Gasteiger partial charge in [-0.1, -0.05) is 13.8 Å². The monoisotopic (exact) mass is 472 g/mol. The van der Waals surface area contributed by atoms with Crippen LogP contribution < -0.4 is 0 Å². The Bertz CT molecular complexity index is 859. The number of Topliss-reactive ketones (excluding diaryl/α,β-unsaturated/α-hetero) is 3. The average molecular weight is 473 g/mol. The zero-order valence-corrected chi connectivity index (χ0v) is 19.7. The number of rotatable bonds is 3. The zero-order valence-electron chi connectivity index (χ0n) is 18.2. The normalized spacial score (nSPS) is 49.1. The first-order valence-electron chi connectivity index (χ1n) is 11.1. The quantitative estimate of drug-likeness (QED) is 0.500. The van der Waals surface area contributed by atoms with Crippen molar-refractivity contribution in [3.8, 4) is 0 Å². The van der Waals surface area contributed by atoms with Crippen LogP contribution in [0.1, 0.15) is 65.7 Å². The molecular weight excluding hydrogens is 443 g/mol. The van der Waals surface area contributed by atoms with E-state index in [4.69, 9.17) is 27.9 Å². The van der Waals surface area contributed by atoms with E-state index in [-0.39, 0.29) is 42.2 Å². The second kappa shape index (κ2) is 7.26. The second-order valence-corrected chi connectivity index (χ2v) is 11.7. The Morgan fingerprint density at radius 1 is 1.10 bits per heavy atom. The van der Waals surface area contributed by atoms with Crippen LogP contribution in [0, 0.1) is 28.6 Å². The summed E-state index contributed by atoms with van der Waals surface area (Å²) < 4.78 is 4.86. The van der Waals surface area contributed by atoms with Crippen LogP contribution in [0.15, 0.2) is 0 Å². The molecule has 31 heavy (non-hydrogen) atoms. The molecule has 172 valence electrons. The molecule has 8 atom stereocenters. The summed E-state index contributed by atoms with van der Waals surface area (Å²) in [4.78, 5) is 49.1. The molecule has 0 aromatic heterocycles. The summed E-state index contributed by atoms with van der Waals surface area (Å²) in [7, 11) is 0. The molecule has 0 aromatic carbocycles. The Morgan fingerprint density at radius 2 is 1.77 bits per heavy atom. The van der Waals surface area contributed by atoms with E-state index < -0.39 is 45.0 Å². The molecule has 0 spiro atoms. The fourth-order valence-electron chi connectivity index (χ4n) is 7.59. The molecule has 0 heterocycles. The molecule has 4 aliphatic carbocycles. The van der Waals surface area contributed by atoms with Crippen molar-refractivity contribution in [3.05, 3.63) is 0 Å². The molecule has 0 radical (unpaired) electrons.